The Balaban J connectivity index is 1.47. The van der Waals surface area contributed by atoms with Crippen LogP contribution < -0.4 is 19.6 Å². The first-order valence-corrected chi connectivity index (χ1v) is 9.75. The van der Waals surface area contributed by atoms with Gasteiger partial charge < -0.3 is 23.4 Å². The molecule has 0 saturated carbocycles. The Labute approximate surface area is 183 Å². The third-order valence-corrected chi connectivity index (χ3v) is 4.78. The summed E-state index contributed by atoms with van der Waals surface area (Å²) in [6, 6.07) is 18.8. The zero-order valence-electron chi connectivity index (χ0n) is 17.5. The van der Waals surface area contributed by atoms with Crippen LogP contribution in [0.1, 0.15) is 15.9 Å². The van der Waals surface area contributed by atoms with Crippen molar-refractivity contribution >= 4 is 16.9 Å². The monoisotopic (exact) mass is 432 g/mol. The summed E-state index contributed by atoms with van der Waals surface area (Å²) >= 11 is 0. The van der Waals surface area contributed by atoms with Crippen LogP contribution in [-0.2, 0) is 11.3 Å². The van der Waals surface area contributed by atoms with Crippen molar-refractivity contribution in [2.75, 3.05) is 14.2 Å². The average Bonchev–Trinajstić information content (AvgIpc) is 2.84. The van der Waals surface area contributed by atoms with Gasteiger partial charge in [0.1, 0.15) is 35.7 Å². The average molecular weight is 432 g/mol. The fourth-order valence-electron chi connectivity index (χ4n) is 3.04. The van der Waals surface area contributed by atoms with Crippen molar-refractivity contribution < 1.29 is 28.2 Å². The SMILES string of the molecule is COC(=O)c1ccc(COc2ccc3c(=O)c(Oc4ccc(OC)cc4)coc3c2)cc1. The van der Waals surface area contributed by atoms with Crippen molar-refractivity contribution in [1.29, 1.82) is 0 Å². The van der Waals surface area contributed by atoms with E-state index in [0.29, 0.717) is 33.8 Å². The fraction of sp³-hybridized carbons (Fsp3) is 0.120. The van der Waals surface area contributed by atoms with Gasteiger partial charge >= 0.3 is 5.97 Å². The van der Waals surface area contributed by atoms with Crippen LogP contribution in [0.4, 0.5) is 0 Å². The van der Waals surface area contributed by atoms with E-state index in [1.807, 2.05) is 0 Å². The normalized spacial score (nSPS) is 10.6. The molecule has 0 saturated heterocycles. The molecule has 162 valence electrons. The number of fused-ring (bicyclic) bond motifs is 1. The minimum atomic E-state index is -0.391. The number of esters is 1. The minimum absolute atomic E-state index is 0.0852. The van der Waals surface area contributed by atoms with Gasteiger partial charge in [-0.3, -0.25) is 4.79 Å². The number of methoxy groups -OCH3 is 2. The molecule has 0 unspecified atom stereocenters. The summed E-state index contributed by atoms with van der Waals surface area (Å²) in [6.45, 7) is 0.288. The van der Waals surface area contributed by atoms with Crippen molar-refractivity contribution in [2.24, 2.45) is 0 Å². The molecule has 1 aromatic heterocycles. The molecule has 0 bridgehead atoms. The predicted molar refractivity (Wildman–Crippen MR) is 118 cm³/mol. The smallest absolute Gasteiger partial charge is 0.337 e. The topological polar surface area (TPSA) is 84.2 Å². The van der Waals surface area contributed by atoms with Crippen molar-refractivity contribution in [3.63, 3.8) is 0 Å². The molecule has 32 heavy (non-hydrogen) atoms. The molecule has 0 atom stereocenters. The van der Waals surface area contributed by atoms with Gasteiger partial charge in [0.25, 0.3) is 0 Å². The van der Waals surface area contributed by atoms with E-state index in [0.717, 1.165) is 5.56 Å². The highest BCUT2D eigenvalue weighted by molar-refractivity contribution is 5.89. The third kappa shape index (κ3) is 4.57. The number of ether oxygens (including phenoxy) is 4. The van der Waals surface area contributed by atoms with E-state index in [4.69, 9.17) is 18.6 Å². The summed E-state index contributed by atoms with van der Waals surface area (Å²) in [6.07, 6.45) is 1.28. The highest BCUT2D eigenvalue weighted by Gasteiger charge is 2.11. The lowest BCUT2D eigenvalue weighted by Crippen LogP contribution is -2.05. The van der Waals surface area contributed by atoms with Gasteiger partial charge in [-0.2, -0.15) is 0 Å². The Hall–Kier alpha value is -4.26. The molecule has 1 heterocycles. The standard InChI is InChI=1S/C25H20O7/c1-28-18-7-9-19(10-8-18)32-23-15-31-22-13-20(11-12-21(22)24(23)26)30-14-16-3-5-17(6-4-16)25(27)29-2/h3-13,15H,14H2,1-2H3. The number of carbonyl (C=O) groups excluding carboxylic acids is 1. The van der Waals surface area contributed by atoms with E-state index in [-0.39, 0.29) is 17.8 Å². The van der Waals surface area contributed by atoms with Crippen LogP contribution in [0.5, 0.6) is 23.0 Å². The first-order chi connectivity index (χ1) is 15.6. The lowest BCUT2D eigenvalue weighted by atomic mass is 10.1. The lowest BCUT2D eigenvalue weighted by Gasteiger charge is -2.09. The number of carbonyl (C=O) groups is 1. The zero-order valence-corrected chi connectivity index (χ0v) is 17.5. The summed E-state index contributed by atoms with van der Waals surface area (Å²) in [5.41, 5.74) is 1.45. The summed E-state index contributed by atoms with van der Waals surface area (Å²) < 4.78 is 26.9. The first kappa shape index (κ1) is 21.0. The van der Waals surface area contributed by atoms with Gasteiger partial charge in [0.05, 0.1) is 25.2 Å². The number of benzene rings is 3. The van der Waals surface area contributed by atoms with Crippen LogP contribution in [0.15, 0.2) is 82.2 Å². The van der Waals surface area contributed by atoms with Crippen LogP contribution in [0.25, 0.3) is 11.0 Å². The molecule has 3 aromatic carbocycles. The Morgan fingerprint density at radius 1 is 0.875 bits per heavy atom. The third-order valence-electron chi connectivity index (χ3n) is 4.78. The number of rotatable bonds is 7. The quantitative estimate of drug-likeness (QED) is 0.382. The molecule has 0 N–H and O–H groups in total. The van der Waals surface area contributed by atoms with Gasteiger partial charge in [0.2, 0.25) is 11.2 Å². The van der Waals surface area contributed by atoms with Crippen LogP contribution in [0.3, 0.4) is 0 Å². The maximum absolute atomic E-state index is 12.8. The molecular formula is C25H20O7. The summed E-state index contributed by atoms with van der Waals surface area (Å²) in [5, 5.41) is 0.380. The highest BCUT2D eigenvalue weighted by Crippen LogP contribution is 2.25. The van der Waals surface area contributed by atoms with Crippen molar-refractivity contribution in [2.45, 2.75) is 6.61 Å². The van der Waals surface area contributed by atoms with Crippen molar-refractivity contribution in [1.82, 2.24) is 0 Å². The van der Waals surface area contributed by atoms with Crippen molar-refractivity contribution in [3.05, 3.63) is 94.3 Å². The fourth-order valence-corrected chi connectivity index (χ4v) is 3.04. The first-order valence-electron chi connectivity index (χ1n) is 9.75. The van der Waals surface area contributed by atoms with Crippen LogP contribution in [0, 0.1) is 0 Å². The molecule has 4 rings (SSSR count). The summed E-state index contributed by atoms with van der Waals surface area (Å²) in [4.78, 5) is 24.3. The molecule has 0 radical (unpaired) electrons. The molecule has 0 aliphatic heterocycles. The molecule has 7 heteroatoms. The van der Waals surface area contributed by atoms with E-state index in [1.54, 1.807) is 73.8 Å². The molecule has 4 aromatic rings. The van der Waals surface area contributed by atoms with Crippen LogP contribution in [0.2, 0.25) is 0 Å². The number of hydrogen-bond donors (Lipinski definition) is 0. The Morgan fingerprint density at radius 2 is 1.56 bits per heavy atom. The van der Waals surface area contributed by atoms with Gasteiger partial charge in [0, 0.05) is 6.07 Å². The lowest BCUT2D eigenvalue weighted by molar-refractivity contribution is 0.0600. The second-order valence-electron chi connectivity index (χ2n) is 6.84. The molecule has 0 aliphatic carbocycles. The van der Waals surface area contributed by atoms with Crippen molar-refractivity contribution in [3.8, 4) is 23.0 Å². The minimum Gasteiger partial charge on any atom is -0.497 e. The van der Waals surface area contributed by atoms with Gasteiger partial charge in [-0.1, -0.05) is 12.1 Å². The van der Waals surface area contributed by atoms with Gasteiger partial charge in [-0.15, -0.1) is 0 Å². The van der Waals surface area contributed by atoms with E-state index >= 15 is 0 Å². The van der Waals surface area contributed by atoms with Crippen LogP contribution in [-0.4, -0.2) is 20.2 Å². The van der Waals surface area contributed by atoms with Gasteiger partial charge in [-0.05, 0) is 54.1 Å². The second-order valence-corrected chi connectivity index (χ2v) is 6.84. The molecule has 0 aliphatic rings. The highest BCUT2D eigenvalue weighted by atomic mass is 16.5. The number of hydrogen-bond acceptors (Lipinski definition) is 7. The molecule has 0 amide bonds. The molecule has 7 nitrogen and oxygen atoms in total. The van der Waals surface area contributed by atoms with E-state index in [9.17, 15) is 9.59 Å². The van der Waals surface area contributed by atoms with Gasteiger partial charge in [0.15, 0.2) is 0 Å². The maximum atomic E-state index is 12.8. The Bertz CT molecular complexity index is 1290. The molecular weight excluding hydrogens is 412 g/mol. The largest absolute Gasteiger partial charge is 0.497 e. The predicted octanol–water partition coefficient (Wildman–Crippen LogP) is 4.96. The zero-order chi connectivity index (χ0) is 22.5. The summed E-state index contributed by atoms with van der Waals surface area (Å²) in [5.74, 6) is 1.42. The molecule has 0 spiro atoms. The maximum Gasteiger partial charge on any atom is 0.337 e. The molecule has 0 fully saturated rings. The summed E-state index contributed by atoms with van der Waals surface area (Å²) in [7, 11) is 2.91. The Morgan fingerprint density at radius 3 is 2.25 bits per heavy atom. The van der Waals surface area contributed by atoms with Crippen LogP contribution >= 0.6 is 0 Å². The van der Waals surface area contributed by atoms with Gasteiger partial charge in [-0.25, -0.2) is 4.79 Å². The van der Waals surface area contributed by atoms with E-state index < -0.39 is 5.97 Å². The second kappa shape index (κ2) is 9.26. The Kier molecular flexibility index (Phi) is 6.07. The van der Waals surface area contributed by atoms with E-state index in [2.05, 4.69) is 4.74 Å². The van der Waals surface area contributed by atoms with E-state index in [1.165, 1.54) is 13.4 Å².